The van der Waals surface area contributed by atoms with E-state index in [-0.39, 0.29) is 18.5 Å². The maximum atomic E-state index is 12.1. The van der Waals surface area contributed by atoms with Gasteiger partial charge in [0.25, 0.3) is 0 Å². The fraction of sp³-hybridized carbons (Fsp3) is 0.846. The molecule has 0 aliphatic carbocycles. The van der Waals surface area contributed by atoms with Crippen molar-refractivity contribution in [1.29, 1.82) is 0 Å². The molecule has 1 rings (SSSR count). The topological polar surface area (TPSA) is 75.4 Å². The van der Waals surface area contributed by atoms with E-state index in [4.69, 9.17) is 5.73 Å². The summed E-state index contributed by atoms with van der Waals surface area (Å²) in [6, 6.07) is 0.267. The molecule has 0 spiro atoms. The van der Waals surface area contributed by atoms with E-state index >= 15 is 0 Å². The lowest BCUT2D eigenvalue weighted by molar-refractivity contribution is -0.135. The minimum Gasteiger partial charge on any atom is -0.368 e. The molecule has 18 heavy (non-hydrogen) atoms. The molecule has 0 aromatic carbocycles. The average Bonchev–Trinajstić information content (AvgIpc) is 2.35. The molecule has 1 aliphatic rings. The summed E-state index contributed by atoms with van der Waals surface area (Å²) in [5.41, 5.74) is 5.19. The number of amides is 2. The third-order valence-electron chi connectivity index (χ3n) is 3.31. The van der Waals surface area contributed by atoms with E-state index in [0.717, 1.165) is 25.8 Å². The Morgan fingerprint density at radius 1 is 1.39 bits per heavy atom. The minimum atomic E-state index is -0.434. The Kier molecular flexibility index (Phi) is 6.72. The fourth-order valence-corrected chi connectivity index (χ4v) is 2.27. The molecular weight excluding hydrogens is 230 g/mol. The number of carbonyl (C=O) groups is 2. The second-order valence-corrected chi connectivity index (χ2v) is 4.99. The third-order valence-corrected chi connectivity index (χ3v) is 3.31. The van der Waals surface area contributed by atoms with Crippen LogP contribution in [0.4, 0.5) is 0 Å². The van der Waals surface area contributed by atoms with E-state index in [1.54, 1.807) is 4.90 Å². The molecule has 104 valence electrons. The highest BCUT2D eigenvalue weighted by Crippen LogP contribution is 2.11. The van der Waals surface area contributed by atoms with Crippen molar-refractivity contribution in [3.63, 3.8) is 0 Å². The second-order valence-electron chi connectivity index (χ2n) is 4.99. The van der Waals surface area contributed by atoms with Gasteiger partial charge in [-0.2, -0.15) is 0 Å². The monoisotopic (exact) mass is 255 g/mol. The predicted octanol–water partition coefficient (Wildman–Crippen LogP) is 0.633. The summed E-state index contributed by atoms with van der Waals surface area (Å²) in [7, 11) is 0. The fourth-order valence-electron chi connectivity index (χ4n) is 2.27. The van der Waals surface area contributed by atoms with E-state index in [0.29, 0.717) is 13.0 Å². The van der Waals surface area contributed by atoms with E-state index in [2.05, 4.69) is 12.2 Å². The Morgan fingerprint density at radius 3 is 2.72 bits per heavy atom. The van der Waals surface area contributed by atoms with Crippen molar-refractivity contribution in [1.82, 2.24) is 10.2 Å². The van der Waals surface area contributed by atoms with Crippen molar-refractivity contribution >= 4 is 11.8 Å². The SMILES string of the molecule is CCCCN(CC(N)=O)C(=O)CC1CCCCN1. The van der Waals surface area contributed by atoms with Gasteiger partial charge in [-0.05, 0) is 25.8 Å². The first-order chi connectivity index (χ1) is 8.63. The number of nitrogens with two attached hydrogens (primary N) is 1. The van der Waals surface area contributed by atoms with Crippen LogP contribution in [0.3, 0.4) is 0 Å². The number of primary amides is 1. The smallest absolute Gasteiger partial charge is 0.237 e. The third kappa shape index (κ3) is 5.49. The number of hydrogen-bond acceptors (Lipinski definition) is 3. The van der Waals surface area contributed by atoms with Crippen LogP contribution in [0.1, 0.15) is 45.4 Å². The first kappa shape index (κ1) is 15.0. The lowest BCUT2D eigenvalue weighted by atomic mass is 10.0. The van der Waals surface area contributed by atoms with Crippen molar-refractivity contribution in [2.45, 2.75) is 51.5 Å². The van der Waals surface area contributed by atoms with Crippen LogP contribution in [0.25, 0.3) is 0 Å². The zero-order valence-corrected chi connectivity index (χ0v) is 11.3. The Hall–Kier alpha value is -1.10. The molecule has 1 atom stereocenters. The van der Waals surface area contributed by atoms with Gasteiger partial charge in [0.2, 0.25) is 11.8 Å². The second kappa shape index (κ2) is 8.08. The summed E-state index contributed by atoms with van der Waals surface area (Å²) < 4.78 is 0. The minimum absolute atomic E-state index is 0.0432. The zero-order valence-electron chi connectivity index (χ0n) is 11.3. The van der Waals surface area contributed by atoms with E-state index in [9.17, 15) is 9.59 Å². The van der Waals surface area contributed by atoms with Crippen LogP contribution < -0.4 is 11.1 Å². The number of piperidine rings is 1. The predicted molar refractivity (Wildman–Crippen MR) is 70.9 cm³/mol. The van der Waals surface area contributed by atoms with Crippen molar-refractivity contribution in [2.24, 2.45) is 5.73 Å². The van der Waals surface area contributed by atoms with Crippen LogP contribution in [-0.2, 0) is 9.59 Å². The standard InChI is InChI=1S/C13H25N3O2/c1-2-3-8-16(10-12(14)17)13(18)9-11-6-4-5-7-15-11/h11,15H,2-10H2,1H3,(H2,14,17). The maximum Gasteiger partial charge on any atom is 0.237 e. The zero-order chi connectivity index (χ0) is 13.4. The quantitative estimate of drug-likeness (QED) is 0.700. The van der Waals surface area contributed by atoms with Gasteiger partial charge in [-0.15, -0.1) is 0 Å². The van der Waals surface area contributed by atoms with Crippen molar-refractivity contribution in [2.75, 3.05) is 19.6 Å². The summed E-state index contributed by atoms with van der Waals surface area (Å²) in [5, 5.41) is 3.35. The van der Waals surface area contributed by atoms with Gasteiger partial charge in [-0.3, -0.25) is 9.59 Å². The summed E-state index contributed by atoms with van der Waals surface area (Å²) in [6.07, 6.45) is 5.81. The van der Waals surface area contributed by atoms with Crippen LogP contribution in [0.5, 0.6) is 0 Å². The lowest BCUT2D eigenvalue weighted by Crippen LogP contribution is -2.43. The molecule has 0 saturated carbocycles. The molecule has 0 radical (unpaired) electrons. The highest BCUT2D eigenvalue weighted by molar-refractivity contribution is 5.84. The first-order valence-electron chi connectivity index (χ1n) is 6.93. The Bertz CT molecular complexity index is 275. The number of unbranched alkanes of at least 4 members (excludes halogenated alkanes) is 1. The largest absolute Gasteiger partial charge is 0.368 e. The highest BCUT2D eigenvalue weighted by atomic mass is 16.2. The van der Waals surface area contributed by atoms with Crippen molar-refractivity contribution in [3.8, 4) is 0 Å². The molecule has 1 unspecified atom stereocenters. The van der Waals surface area contributed by atoms with Crippen LogP contribution in [0.15, 0.2) is 0 Å². The van der Waals surface area contributed by atoms with E-state index < -0.39 is 5.91 Å². The molecule has 1 heterocycles. The first-order valence-corrected chi connectivity index (χ1v) is 6.93. The average molecular weight is 255 g/mol. The maximum absolute atomic E-state index is 12.1. The Morgan fingerprint density at radius 2 is 2.17 bits per heavy atom. The molecule has 1 fully saturated rings. The number of carbonyl (C=O) groups excluding carboxylic acids is 2. The molecule has 1 saturated heterocycles. The van der Waals surface area contributed by atoms with Crippen molar-refractivity contribution < 1.29 is 9.59 Å². The molecule has 1 aliphatic heterocycles. The van der Waals surface area contributed by atoms with Gasteiger partial charge in [-0.1, -0.05) is 19.8 Å². The van der Waals surface area contributed by atoms with E-state index in [1.807, 2.05) is 0 Å². The van der Waals surface area contributed by atoms with Crippen LogP contribution >= 0.6 is 0 Å². The summed E-state index contributed by atoms with van der Waals surface area (Å²) in [5.74, 6) is -0.391. The normalized spacial score (nSPS) is 19.5. The molecule has 0 aromatic heterocycles. The molecular formula is C13H25N3O2. The Labute approximate surface area is 109 Å². The molecule has 5 nitrogen and oxygen atoms in total. The number of hydrogen-bond donors (Lipinski definition) is 2. The number of rotatable bonds is 7. The van der Waals surface area contributed by atoms with Gasteiger partial charge in [0.1, 0.15) is 0 Å². The molecule has 0 aromatic rings. The van der Waals surface area contributed by atoms with Gasteiger partial charge in [0, 0.05) is 19.0 Å². The lowest BCUT2D eigenvalue weighted by Gasteiger charge is -2.27. The summed E-state index contributed by atoms with van der Waals surface area (Å²) in [4.78, 5) is 24.7. The van der Waals surface area contributed by atoms with Crippen molar-refractivity contribution in [3.05, 3.63) is 0 Å². The summed E-state index contributed by atoms with van der Waals surface area (Å²) >= 11 is 0. The van der Waals surface area contributed by atoms with Crippen LogP contribution in [-0.4, -0.2) is 42.4 Å². The Balaban J connectivity index is 2.43. The van der Waals surface area contributed by atoms with E-state index in [1.165, 1.54) is 12.8 Å². The highest BCUT2D eigenvalue weighted by Gasteiger charge is 2.21. The molecule has 3 N–H and O–H groups in total. The summed E-state index contributed by atoms with van der Waals surface area (Å²) in [6.45, 7) is 3.73. The van der Waals surface area contributed by atoms with Gasteiger partial charge in [-0.25, -0.2) is 0 Å². The van der Waals surface area contributed by atoms with Gasteiger partial charge in [0.05, 0.1) is 6.54 Å². The van der Waals surface area contributed by atoms with Crippen LogP contribution in [0.2, 0.25) is 0 Å². The number of nitrogens with one attached hydrogen (secondary N) is 1. The number of nitrogens with zero attached hydrogens (tertiary/aromatic N) is 1. The molecule has 0 bridgehead atoms. The molecule has 2 amide bonds. The van der Waals surface area contributed by atoms with Gasteiger partial charge < -0.3 is 16.0 Å². The van der Waals surface area contributed by atoms with Crippen LogP contribution in [0, 0.1) is 0 Å². The molecule has 5 heteroatoms. The van der Waals surface area contributed by atoms with Gasteiger partial charge in [0.15, 0.2) is 0 Å². The van der Waals surface area contributed by atoms with Gasteiger partial charge >= 0.3 is 0 Å².